The number of anilines is 1. The zero-order chi connectivity index (χ0) is 21.2. The Balaban J connectivity index is 1.39. The highest BCUT2D eigenvalue weighted by molar-refractivity contribution is 7.19. The standard InChI is InChI=1S/C22H17N5O2S2/c1-27-10-9-23-20(27)19-18(14-6-3-2-4-7-14)26-22(31-19)25-17(28)12-15-13-30-21(24-15)16-8-5-11-29-16/h2-11,13H,12H2,1H3,(H,25,26,28). The van der Waals surface area contributed by atoms with Crippen LogP contribution in [-0.2, 0) is 18.3 Å². The van der Waals surface area contributed by atoms with Gasteiger partial charge in [-0.15, -0.1) is 11.3 Å². The van der Waals surface area contributed by atoms with Crippen molar-refractivity contribution in [3.05, 3.63) is 72.2 Å². The normalized spacial score (nSPS) is 11.0. The zero-order valence-electron chi connectivity index (χ0n) is 16.5. The fourth-order valence-electron chi connectivity index (χ4n) is 3.13. The SMILES string of the molecule is Cn1ccnc1-c1sc(NC(=O)Cc2csc(-c3ccco3)n2)nc1-c1ccccc1. The molecule has 7 nitrogen and oxygen atoms in total. The average molecular weight is 448 g/mol. The summed E-state index contributed by atoms with van der Waals surface area (Å²) in [4.78, 5) is 27.2. The van der Waals surface area contributed by atoms with Crippen LogP contribution in [0.25, 0.3) is 32.7 Å². The van der Waals surface area contributed by atoms with Gasteiger partial charge in [-0.2, -0.15) is 0 Å². The summed E-state index contributed by atoms with van der Waals surface area (Å²) in [5, 5.41) is 6.07. The molecule has 0 aliphatic rings. The summed E-state index contributed by atoms with van der Waals surface area (Å²) >= 11 is 2.86. The van der Waals surface area contributed by atoms with Gasteiger partial charge in [0.25, 0.3) is 0 Å². The molecule has 31 heavy (non-hydrogen) atoms. The maximum absolute atomic E-state index is 12.7. The third-order valence-electron chi connectivity index (χ3n) is 4.57. The Morgan fingerprint density at radius 3 is 2.77 bits per heavy atom. The van der Waals surface area contributed by atoms with Crippen molar-refractivity contribution in [2.24, 2.45) is 7.05 Å². The van der Waals surface area contributed by atoms with E-state index in [1.807, 2.05) is 65.7 Å². The highest BCUT2D eigenvalue weighted by Crippen LogP contribution is 2.38. The monoisotopic (exact) mass is 447 g/mol. The lowest BCUT2D eigenvalue weighted by Crippen LogP contribution is -2.14. The Kier molecular flexibility index (Phi) is 5.19. The molecule has 0 aliphatic carbocycles. The minimum Gasteiger partial charge on any atom is -0.462 e. The van der Waals surface area contributed by atoms with Crippen molar-refractivity contribution < 1.29 is 9.21 Å². The fraction of sp³-hybridized carbons (Fsp3) is 0.0909. The number of aryl methyl sites for hydroxylation is 1. The highest BCUT2D eigenvalue weighted by Gasteiger charge is 2.19. The van der Waals surface area contributed by atoms with Crippen molar-refractivity contribution >= 4 is 33.7 Å². The summed E-state index contributed by atoms with van der Waals surface area (Å²) in [5.41, 5.74) is 2.46. The van der Waals surface area contributed by atoms with E-state index in [0.29, 0.717) is 16.6 Å². The number of amides is 1. The molecule has 4 aromatic heterocycles. The zero-order valence-corrected chi connectivity index (χ0v) is 18.1. The molecule has 0 bridgehead atoms. The summed E-state index contributed by atoms with van der Waals surface area (Å²) in [6.07, 6.45) is 5.41. The van der Waals surface area contributed by atoms with E-state index in [1.165, 1.54) is 22.7 Å². The van der Waals surface area contributed by atoms with Crippen molar-refractivity contribution in [2.75, 3.05) is 5.32 Å². The molecule has 0 unspecified atom stereocenters. The van der Waals surface area contributed by atoms with Crippen LogP contribution in [-0.4, -0.2) is 25.4 Å². The number of rotatable bonds is 6. The van der Waals surface area contributed by atoms with Crippen LogP contribution < -0.4 is 5.32 Å². The van der Waals surface area contributed by atoms with Gasteiger partial charge in [0, 0.05) is 30.4 Å². The summed E-state index contributed by atoms with van der Waals surface area (Å²) < 4.78 is 7.31. The highest BCUT2D eigenvalue weighted by atomic mass is 32.1. The molecule has 5 rings (SSSR count). The first-order valence-electron chi connectivity index (χ1n) is 9.49. The van der Waals surface area contributed by atoms with Crippen LogP contribution in [0.15, 0.2) is 70.9 Å². The number of furan rings is 1. The largest absolute Gasteiger partial charge is 0.462 e. The van der Waals surface area contributed by atoms with Crippen LogP contribution >= 0.6 is 22.7 Å². The Labute approximate surface area is 186 Å². The van der Waals surface area contributed by atoms with Crippen LogP contribution in [0, 0.1) is 0 Å². The van der Waals surface area contributed by atoms with Gasteiger partial charge < -0.3 is 14.3 Å². The number of hydrogen-bond acceptors (Lipinski definition) is 7. The number of carbonyl (C=O) groups excluding carboxylic acids is 1. The Bertz CT molecular complexity index is 1320. The molecular formula is C22H17N5O2S2. The lowest BCUT2D eigenvalue weighted by atomic mass is 10.1. The molecule has 5 aromatic rings. The average Bonchev–Trinajstić information content (AvgIpc) is 3.56. The minimum atomic E-state index is -0.170. The van der Waals surface area contributed by atoms with E-state index in [9.17, 15) is 4.79 Å². The molecule has 0 radical (unpaired) electrons. The number of nitrogens with one attached hydrogen (secondary N) is 1. The third kappa shape index (κ3) is 4.05. The van der Waals surface area contributed by atoms with E-state index < -0.39 is 0 Å². The summed E-state index contributed by atoms with van der Waals surface area (Å²) in [7, 11) is 1.94. The second-order valence-electron chi connectivity index (χ2n) is 6.77. The molecule has 4 heterocycles. The summed E-state index contributed by atoms with van der Waals surface area (Å²) in [6.45, 7) is 0. The van der Waals surface area contributed by atoms with Crippen molar-refractivity contribution in [1.82, 2.24) is 19.5 Å². The molecular weight excluding hydrogens is 430 g/mol. The van der Waals surface area contributed by atoms with Crippen LogP contribution in [0.4, 0.5) is 5.13 Å². The van der Waals surface area contributed by atoms with E-state index in [-0.39, 0.29) is 12.3 Å². The number of hydrogen-bond donors (Lipinski definition) is 1. The lowest BCUT2D eigenvalue weighted by molar-refractivity contribution is -0.115. The van der Waals surface area contributed by atoms with E-state index in [4.69, 9.17) is 9.40 Å². The van der Waals surface area contributed by atoms with Crippen LogP contribution in [0.2, 0.25) is 0 Å². The molecule has 0 atom stereocenters. The molecule has 0 saturated heterocycles. The molecule has 0 fully saturated rings. The van der Waals surface area contributed by atoms with Gasteiger partial charge in [-0.1, -0.05) is 41.7 Å². The predicted octanol–water partition coefficient (Wildman–Crippen LogP) is 5.11. The Morgan fingerprint density at radius 1 is 1.16 bits per heavy atom. The van der Waals surface area contributed by atoms with Gasteiger partial charge in [0.05, 0.1) is 28.9 Å². The molecule has 0 saturated carbocycles. The van der Waals surface area contributed by atoms with Gasteiger partial charge in [0.1, 0.15) is 0 Å². The summed E-state index contributed by atoms with van der Waals surface area (Å²) in [5.74, 6) is 1.33. The first kappa shape index (κ1) is 19.4. The predicted molar refractivity (Wildman–Crippen MR) is 122 cm³/mol. The smallest absolute Gasteiger partial charge is 0.232 e. The molecule has 1 N–H and O–H groups in total. The van der Waals surface area contributed by atoms with Gasteiger partial charge in [0.2, 0.25) is 5.91 Å². The minimum absolute atomic E-state index is 0.162. The third-order valence-corrected chi connectivity index (χ3v) is 6.44. The number of imidazole rings is 1. The maximum atomic E-state index is 12.7. The van der Waals surface area contributed by atoms with Crippen molar-refractivity contribution in [3.8, 4) is 32.7 Å². The lowest BCUT2D eigenvalue weighted by Gasteiger charge is -2.02. The number of benzene rings is 1. The van der Waals surface area contributed by atoms with Crippen LogP contribution in [0.5, 0.6) is 0 Å². The molecule has 0 spiro atoms. The number of carbonyl (C=O) groups is 1. The second-order valence-corrected chi connectivity index (χ2v) is 8.63. The van der Waals surface area contributed by atoms with Crippen LogP contribution in [0.3, 0.4) is 0 Å². The molecule has 154 valence electrons. The van der Waals surface area contributed by atoms with E-state index in [2.05, 4.69) is 15.3 Å². The van der Waals surface area contributed by atoms with Gasteiger partial charge in [-0.3, -0.25) is 4.79 Å². The van der Waals surface area contributed by atoms with Gasteiger partial charge >= 0.3 is 0 Å². The maximum Gasteiger partial charge on any atom is 0.232 e. The first-order valence-corrected chi connectivity index (χ1v) is 11.2. The van der Waals surface area contributed by atoms with Crippen molar-refractivity contribution in [1.29, 1.82) is 0 Å². The number of thiazole rings is 2. The quantitative estimate of drug-likeness (QED) is 0.391. The topological polar surface area (TPSA) is 85.8 Å². The van der Waals surface area contributed by atoms with Crippen LogP contribution in [0.1, 0.15) is 5.69 Å². The second kappa shape index (κ2) is 8.29. The van der Waals surface area contributed by atoms with E-state index >= 15 is 0 Å². The molecule has 1 amide bonds. The van der Waals surface area contributed by atoms with Crippen molar-refractivity contribution in [3.63, 3.8) is 0 Å². The van der Waals surface area contributed by atoms with E-state index in [1.54, 1.807) is 12.5 Å². The number of nitrogens with zero attached hydrogens (tertiary/aromatic N) is 4. The first-order chi connectivity index (χ1) is 15.2. The van der Waals surface area contributed by atoms with Gasteiger partial charge in [-0.25, -0.2) is 15.0 Å². The molecule has 1 aromatic carbocycles. The van der Waals surface area contributed by atoms with Crippen molar-refractivity contribution in [2.45, 2.75) is 6.42 Å². The Hall–Kier alpha value is -3.56. The molecule has 0 aliphatic heterocycles. The van der Waals surface area contributed by atoms with Gasteiger partial charge in [-0.05, 0) is 12.1 Å². The van der Waals surface area contributed by atoms with Gasteiger partial charge in [0.15, 0.2) is 21.7 Å². The van der Waals surface area contributed by atoms with E-state index in [0.717, 1.165) is 27.0 Å². The molecule has 9 heteroatoms. The number of aromatic nitrogens is 4. The fourth-order valence-corrected chi connectivity index (χ4v) is 4.96. The Morgan fingerprint density at radius 2 is 2.03 bits per heavy atom. The summed E-state index contributed by atoms with van der Waals surface area (Å²) in [6, 6.07) is 13.6.